The van der Waals surface area contributed by atoms with Gasteiger partial charge in [-0.05, 0) is 42.7 Å². The van der Waals surface area contributed by atoms with Gasteiger partial charge in [-0.2, -0.15) is 0 Å². The SMILES string of the molecule is COCC(=O)NC1(c2ccnc(Oc3cccc(S(C)(=O)=O)c3)c2C(N)=O)CCCCC1. The summed E-state index contributed by atoms with van der Waals surface area (Å²) in [5.74, 6) is -0.911. The lowest BCUT2D eigenvalue weighted by Crippen LogP contribution is -2.49. The molecular weight excluding hydrogens is 434 g/mol. The lowest BCUT2D eigenvalue weighted by Gasteiger charge is -2.39. The number of nitrogens with one attached hydrogen (secondary N) is 1. The first kappa shape index (κ1) is 23.7. The molecule has 1 aliphatic carbocycles. The van der Waals surface area contributed by atoms with E-state index in [0.717, 1.165) is 25.5 Å². The number of rotatable bonds is 8. The third-order valence-electron chi connectivity index (χ3n) is 5.49. The van der Waals surface area contributed by atoms with Crippen LogP contribution in [-0.4, -0.2) is 45.2 Å². The molecule has 0 radical (unpaired) electrons. The van der Waals surface area contributed by atoms with Crippen molar-refractivity contribution >= 4 is 21.7 Å². The number of benzene rings is 1. The normalized spacial score (nSPS) is 15.7. The summed E-state index contributed by atoms with van der Waals surface area (Å²) in [6.07, 6.45) is 6.55. The van der Waals surface area contributed by atoms with Crippen LogP contribution in [0.1, 0.15) is 48.0 Å². The van der Waals surface area contributed by atoms with Gasteiger partial charge in [-0.1, -0.05) is 25.3 Å². The highest BCUT2D eigenvalue weighted by Crippen LogP contribution is 2.41. The molecule has 2 aromatic rings. The molecule has 1 heterocycles. The summed E-state index contributed by atoms with van der Waals surface area (Å²) in [5, 5.41) is 3.03. The van der Waals surface area contributed by atoms with Crippen molar-refractivity contribution in [3.63, 3.8) is 0 Å². The number of nitrogens with two attached hydrogens (primary N) is 1. The molecule has 1 saturated carbocycles. The fourth-order valence-corrected chi connectivity index (χ4v) is 4.74. The Balaban J connectivity index is 2.07. The second kappa shape index (κ2) is 9.66. The Morgan fingerprint density at radius 3 is 2.53 bits per heavy atom. The quantitative estimate of drug-likeness (QED) is 0.615. The highest BCUT2D eigenvalue weighted by molar-refractivity contribution is 7.90. The summed E-state index contributed by atoms with van der Waals surface area (Å²) in [6.45, 7) is -0.111. The van der Waals surface area contributed by atoms with Crippen molar-refractivity contribution in [1.29, 1.82) is 0 Å². The Kier molecular flexibility index (Phi) is 7.15. The molecule has 0 unspecified atom stereocenters. The fourth-order valence-electron chi connectivity index (χ4n) is 4.09. The zero-order valence-corrected chi connectivity index (χ0v) is 18.9. The Morgan fingerprint density at radius 1 is 1.19 bits per heavy atom. The van der Waals surface area contributed by atoms with Crippen LogP contribution < -0.4 is 15.8 Å². The monoisotopic (exact) mass is 461 g/mol. The lowest BCUT2D eigenvalue weighted by atomic mass is 9.75. The van der Waals surface area contributed by atoms with Gasteiger partial charge in [0, 0.05) is 19.6 Å². The maximum atomic E-state index is 12.5. The number of aromatic nitrogens is 1. The number of methoxy groups -OCH3 is 1. The summed E-state index contributed by atoms with van der Waals surface area (Å²) in [4.78, 5) is 29.2. The number of primary amides is 1. The van der Waals surface area contributed by atoms with Gasteiger partial charge in [-0.15, -0.1) is 0 Å². The molecule has 0 aliphatic heterocycles. The Bertz CT molecular complexity index is 1110. The average Bonchev–Trinajstić information content (AvgIpc) is 2.74. The van der Waals surface area contributed by atoms with Crippen molar-refractivity contribution in [3.05, 3.63) is 47.7 Å². The average molecular weight is 462 g/mol. The first-order valence-electron chi connectivity index (χ1n) is 10.2. The maximum absolute atomic E-state index is 12.5. The number of carbonyl (C=O) groups excluding carboxylic acids is 2. The molecule has 3 rings (SSSR count). The highest BCUT2D eigenvalue weighted by Gasteiger charge is 2.39. The number of hydrogen-bond donors (Lipinski definition) is 2. The van der Waals surface area contributed by atoms with E-state index in [4.69, 9.17) is 15.2 Å². The van der Waals surface area contributed by atoms with Gasteiger partial charge < -0.3 is 20.5 Å². The molecule has 1 aromatic carbocycles. The van der Waals surface area contributed by atoms with Gasteiger partial charge in [0.1, 0.15) is 17.9 Å². The minimum atomic E-state index is -3.45. The van der Waals surface area contributed by atoms with Crippen LogP contribution in [0.2, 0.25) is 0 Å². The molecule has 172 valence electrons. The van der Waals surface area contributed by atoms with Crippen LogP contribution in [0.4, 0.5) is 0 Å². The standard InChI is InChI=1S/C22H27N3O6S/c1-30-14-18(26)25-22(10-4-3-5-11-22)17-9-12-24-21(19(17)20(23)27)31-15-7-6-8-16(13-15)32(2,28)29/h6-9,12-13H,3-5,10-11,14H2,1-2H3,(H2,23,27)(H,25,26). The Labute approximate surface area is 187 Å². The number of sulfone groups is 1. The van der Waals surface area contributed by atoms with Gasteiger partial charge in [0.25, 0.3) is 5.91 Å². The molecular formula is C22H27N3O6S. The van der Waals surface area contributed by atoms with Crippen molar-refractivity contribution in [3.8, 4) is 11.6 Å². The molecule has 0 spiro atoms. The largest absolute Gasteiger partial charge is 0.438 e. The predicted molar refractivity (Wildman–Crippen MR) is 117 cm³/mol. The van der Waals surface area contributed by atoms with Crippen LogP contribution in [0.3, 0.4) is 0 Å². The first-order valence-corrected chi connectivity index (χ1v) is 12.1. The zero-order valence-electron chi connectivity index (χ0n) is 18.1. The molecule has 3 N–H and O–H groups in total. The van der Waals surface area contributed by atoms with E-state index in [9.17, 15) is 18.0 Å². The van der Waals surface area contributed by atoms with Gasteiger partial charge >= 0.3 is 0 Å². The lowest BCUT2D eigenvalue weighted by molar-refractivity contribution is -0.127. The zero-order chi connectivity index (χ0) is 23.4. The Morgan fingerprint density at radius 2 is 1.91 bits per heavy atom. The number of amides is 2. The van der Waals surface area contributed by atoms with Crippen LogP contribution in [0.5, 0.6) is 11.6 Å². The smallest absolute Gasteiger partial charge is 0.254 e. The summed E-state index contributed by atoms with van der Waals surface area (Å²) in [6, 6.07) is 7.56. The Hall–Kier alpha value is -2.98. The molecule has 1 aliphatic rings. The van der Waals surface area contributed by atoms with Crippen LogP contribution >= 0.6 is 0 Å². The molecule has 0 saturated heterocycles. The second-order valence-electron chi connectivity index (χ2n) is 7.88. The van der Waals surface area contributed by atoms with Crippen molar-refractivity contribution in [1.82, 2.24) is 10.3 Å². The number of hydrogen-bond acceptors (Lipinski definition) is 7. The predicted octanol–water partition coefficient (Wildman–Crippen LogP) is 2.30. The summed E-state index contributed by atoms with van der Waals surface area (Å²) in [7, 11) is -2.01. The van der Waals surface area contributed by atoms with Crippen LogP contribution in [-0.2, 0) is 24.9 Å². The van der Waals surface area contributed by atoms with Gasteiger partial charge in [0.2, 0.25) is 11.8 Å². The fraction of sp³-hybridized carbons (Fsp3) is 0.409. The van der Waals surface area contributed by atoms with Crippen molar-refractivity contribution < 1.29 is 27.5 Å². The van der Waals surface area contributed by atoms with Gasteiger partial charge in [-0.3, -0.25) is 9.59 Å². The molecule has 32 heavy (non-hydrogen) atoms. The third-order valence-corrected chi connectivity index (χ3v) is 6.60. The number of pyridine rings is 1. The van der Waals surface area contributed by atoms with Crippen molar-refractivity contribution in [2.45, 2.75) is 42.5 Å². The van der Waals surface area contributed by atoms with Crippen LogP contribution in [0.25, 0.3) is 0 Å². The van der Waals surface area contributed by atoms with E-state index in [-0.39, 0.29) is 34.6 Å². The van der Waals surface area contributed by atoms with E-state index in [2.05, 4.69) is 10.3 Å². The molecule has 1 aromatic heterocycles. The third kappa shape index (κ3) is 5.25. The topological polar surface area (TPSA) is 138 Å². The molecule has 2 amide bonds. The van der Waals surface area contributed by atoms with Gasteiger partial charge in [0.05, 0.1) is 10.4 Å². The van der Waals surface area contributed by atoms with Gasteiger partial charge in [-0.25, -0.2) is 13.4 Å². The summed E-state index contributed by atoms with van der Waals surface area (Å²) in [5.41, 5.74) is 5.50. The van der Waals surface area contributed by atoms with Crippen LogP contribution in [0.15, 0.2) is 41.4 Å². The molecule has 0 bridgehead atoms. The number of nitrogens with zero attached hydrogens (tertiary/aromatic N) is 1. The van der Waals surface area contributed by atoms with Gasteiger partial charge in [0.15, 0.2) is 9.84 Å². The first-order chi connectivity index (χ1) is 15.2. The van der Waals surface area contributed by atoms with E-state index in [1.165, 1.54) is 31.5 Å². The van der Waals surface area contributed by atoms with E-state index >= 15 is 0 Å². The van der Waals surface area contributed by atoms with E-state index < -0.39 is 21.3 Å². The maximum Gasteiger partial charge on any atom is 0.254 e. The highest BCUT2D eigenvalue weighted by atomic mass is 32.2. The minimum absolute atomic E-state index is 0.0495. The summed E-state index contributed by atoms with van der Waals surface area (Å²) < 4.78 is 34.5. The van der Waals surface area contributed by atoms with E-state index in [1.807, 2.05) is 0 Å². The van der Waals surface area contributed by atoms with Crippen molar-refractivity contribution in [2.24, 2.45) is 5.73 Å². The van der Waals surface area contributed by atoms with Crippen molar-refractivity contribution in [2.75, 3.05) is 20.0 Å². The number of ether oxygens (including phenoxy) is 2. The second-order valence-corrected chi connectivity index (χ2v) is 9.89. The number of carbonyl (C=O) groups is 2. The van der Waals surface area contributed by atoms with E-state index in [1.54, 1.807) is 12.1 Å². The molecule has 10 heteroatoms. The molecule has 0 atom stereocenters. The summed E-state index contributed by atoms with van der Waals surface area (Å²) >= 11 is 0. The van der Waals surface area contributed by atoms with Crippen LogP contribution in [0, 0.1) is 0 Å². The van der Waals surface area contributed by atoms with E-state index in [0.29, 0.717) is 18.4 Å². The minimum Gasteiger partial charge on any atom is -0.438 e. The molecule has 9 nitrogen and oxygen atoms in total. The molecule has 1 fully saturated rings.